The first-order valence-electron chi connectivity index (χ1n) is 5.42. The maximum atomic E-state index is 5.97. The van der Waals surface area contributed by atoms with Gasteiger partial charge >= 0.3 is 0 Å². The molecule has 0 radical (unpaired) electrons. The Hall–Kier alpha value is -0.300. The maximum Gasteiger partial charge on any atom is 0.00412 e. The van der Waals surface area contributed by atoms with E-state index in [1.807, 2.05) is 0 Å². The van der Waals surface area contributed by atoms with Crippen molar-refractivity contribution in [3.63, 3.8) is 0 Å². The van der Waals surface area contributed by atoms with Crippen molar-refractivity contribution in [2.45, 2.75) is 58.9 Å². The number of hydrogen-bond donors (Lipinski definition) is 1. The van der Waals surface area contributed by atoms with Crippen molar-refractivity contribution >= 4 is 0 Å². The molecule has 0 rings (SSSR count). The van der Waals surface area contributed by atoms with Crippen LogP contribution < -0.4 is 5.73 Å². The second-order valence-corrected chi connectivity index (χ2v) is 4.59. The van der Waals surface area contributed by atoms with Crippen molar-refractivity contribution < 1.29 is 0 Å². The van der Waals surface area contributed by atoms with Crippen LogP contribution in [0.1, 0.15) is 52.9 Å². The molecule has 2 N–H and O–H groups in total. The minimum absolute atomic E-state index is 0.408. The van der Waals surface area contributed by atoms with Crippen LogP contribution >= 0.6 is 0 Å². The quantitative estimate of drug-likeness (QED) is 0.474. The maximum absolute atomic E-state index is 5.97. The zero-order valence-corrected chi connectivity index (χ0v) is 9.47. The number of rotatable bonds is 7. The van der Waals surface area contributed by atoms with Crippen molar-refractivity contribution in [1.29, 1.82) is 0 Å². The van der Waals surface area contributed by atoms with E-state index in [1.54, 1.807) is 0 Å². The van der Waals surface area contributed by atoms with Crippen molar-refractivity contribution in [1.82, 2.24) is 0 Å². The summed E-state index contributed by atoms with van der Waals surface area (Å²) in [6.45, 7) is 10.4. The lowest BCUT2D eigenvalue weighted by atomic mass is 9.99. The Morgan fingerprint density at radius 3 is 2.38 bits per heavy atom. The molecule has 0 saturated carbocycles. The van der Waals surface area contributed by atoms with E-state index >= 15 is 0 Å². The third-order valence-corrected chi connectivity index (χ3v) is 2.20. The first-order valence-corrected chi connectivity index (χ1v) is 5.42. The summed E-state index contributed by atoms with van der Waals surface area (Å²) in [7, 11) is 0. The molecule has 0 aromatic heterocycles. The van der Waals surface area contributed by atoms with Gasteiger partial charge in [-0.15, -0.1) is 6.58 Å². The molecule has 0 bridgehead atoms. The summed E-state index contributed by atoms with van der Waals surface area (Å²) in [6.07, 6.45) is 5.99. The van der Waals surface area contributed by atoms with Gasteiger partial charge in [-0.2, -0.15) is 0 Å². The zero-order chi connectivity index (χ0) is 10.3. The van der Waals surface area contributed by atoms with E-state index in [0.717, 1.165) is 18.8 Å². The van der Waals surface area contributed by atoms with E-state index in [-0.39, 0.29) is 0 Å². The summed E-state index contributed by atoms with van der Waals surface area (Å²) in [6, 6.07) is 0.408. The molecule has 0 heterocycles. The Labute approximate surface area is 83.4 Å². The lowest BCUT2D eigenvalue weighted by Crippen LogP contribution is -2.21. The highest BCUT2D eigenvalue weighted by atomic mass is 14.6. The molecule has 0 aromatic rings. The van der Waals surface area contributed by atoms with E-state index in [4.69, 9.17) is 5.73 Å². The summed E-state index contributed by atoms with van der Waals surface area (Å²) in [5.74, 6) is 0.733. The molecule has 0 aromatic carbocycles. The largest absolute Gasteiger partial charge is 0.328 e. The first kappa shape index (κ1) is 12.7. The number of hydrogen-bond acceptors (Lipinski definition) is 1. The smallest absolute Gasteiger partial charge is 0.00412 e. The topological polar surface area (TPSA) is 26.0 Å². The van der Waals surface area contributed by atoms with Gasteiger partial charge in [0.15, 0.2) is 0 Å². The molecule has 0 amide bonds. The van der Waals surface area contributed by atoms with Gasteiger partial charge in [-0.25, -0.2) is 0 Å². The predicted molar refractivity (Wildman–Crippen MR) is 60.7 cm³/mol. The summed E-state index contributed by atoms with van der Waals surface area (Å²) in [4.78, 5) is 0. The molecule has 1 heteroatoms. The van der Waals surface area contributed by atoms with E-state index in [9.17, 15) is 0 Å². The summed E-state index contributed by atoms with van der Waals surface area (Å²) in [5, 5.41) is 0. The molecule has 1 nitrogen and oxygen atoms in total. The summed E-state index contributed by atoms with van der Waals surface area (Å²) >= 11 is 0. The van der Waals surface area contributed by atoms with Gasteiger partial charge in [-0.05, 0) is 38.5 Å². The normalized spacial score (nSPS) is 13.3. The van der Waals surface area contributed by atoms with E-state index in [1.165, 1.54) is 24.8 Å². The van der Waals surface area contributed by atoms with Gasteiger partial charge in [-0.1, -0.05) is 25.8 Å². The Morgan fingerprint density at radius 1 is 1.31 bits per heavy atom. The average Bonchev–Trinajstić information content (AvgIpc) is 1.96. The molecule has 0 aliphatic carbocycles. The van der Waals surface area contributed by atoms with E-state index in [2.05, 4.69) is 27.4 Å². The molecule has 78 valence electrons. The van der Waals surface area contributed by atoms with Crippen LogP contribution in [0.25, 0.3) is 0 Å². The van der Waals surface area contributed by atoms with Crippen LogP contribution in [0.4, 0.5) is 0 Å². The molecule has 13 heavy (non-hydrogen) atoms. The highest BCUT2D eigenvalue weighted by Crippen LogP contribution is 2.11. The van der Waals surface area contributed by atoms with Crippen LogP contribution in [0, 0.1) is 5.92 Å². The van der Waals surface area contributed by atoms with Gasteiger partial charge in [-0.3, -0.25) is 0 Å². The van der Waals surface area contributed by atoms with E-state index in [0.29, 0.717) is 6.04 Å². The average molecular weight is 183 g/mol. The lowest BCUT2D eigenvalue weighted by Gasteiger charge is -2.13. The SMILES string of the molecule is C=C(C)CCCCC(N)CC(C)C. The number of allylic oxidation sites excluding steroid dienone is 1. The predicted octanol–water partition coefficient (Wildman–Crippen LogP) is 3.50. The van der Waals surface area contributed by atoms with Crippen LogP contribution in [0.5, 0.6) is 0 Å². The van der Waals surface area contributed by atoms with Gasteiger partial charge in [0.25, 0.3) is 0 Å². The van der Waals surface area contributed by atoms with Gasteiger partial charge in [0, 0.05) is 6.04 Å². The van der Waals surface area contributed by atoms with Gasteiger partial charge in [0.2, 0.25) is 0 Å². The second-order valence-electron chi connectivity index (χ2n) is 4.59. The molecular formula is C12H25N. The second kappa shape index (κ2) is 7.14. The Morgan fingerprint density at radius 2 is 1.92 bits per heavy atom. The summed E-state index contributed by atoms with van der Waals surface area (Å²) in [5.41, 5.74) is 7.26. The van der Waals surface area contributed by atoms with Gasteiger partial charge in [0.1, 0.15) is 0 Å². The highest BCUT2D eigenvalue weighted by molar-refractivity contribution is 4.87. The standard InChI is InChI=1S/C12H25N/c1-10(2)7-5-6-8-12(13)9-11(3)4/h11-12H,1,5-9,13H2,2-4H3. The summed E-state index contributed by atoms with van der Waals surface area (Å²) < 4.78 is 0. The number of nitrogens with two attached hydrogens (primary N) is 1. The zero-order valence-electron chi connectivity index (χ0n) is 9.47. The number of unbranched alkanes of at least 4 members (excludes halogenated alkanes) is 1. The Balaban J connectivity index is 3.26. The van der Waals surface area contributed by atoms with Crippen LogP contribution in [-0.4, -0.2) is 6.04 Å². The molecule has 0 aliphatic heterocycles. The molecular weight excluding hydrogens is 158 g/mol. The first-order chi connectivity index (χ1) is 6.02. The van der Waals surface area contributed by atoms with Crippen molar-refractivity contribution in [3.8, 4) is 0 Å². The minimum Gasteiger partial charge on any atom is -0.328 e. The fraction of sp³-hybridized carbons (Fsp3) is 0.833. The molecule has 0 aliphatic rings. The van der Waals surface area contributed by atoms with Crippen molar-refractivity contribution in [2.24, 2.45) is 11.7 Å². The third kappa shape index (κ3) is 9.62. The Kier molecular flexibility index (Phi) is 6.97. The minimum atomic E-state index is 0.408. The molecule has 1 unspecified atom stereocenters. The fourth-order valence-electron chi connectivity index (χ4n) is 1.56. The van der Waals surface area contributed by atoms with Crippen LogP contribution in [-0.2, 0) is 0 Å². The van der Waals surface area contributed by atoms with E-state index < -0.39 is 0 Å². The fourth-order valence-corrected chi connectivity index (χ4v) is 1.56. The van der Waals surface area contributed by atoms with Gasteiger partial charge < -0.3 is 5.73 Å². The van der Waals surface area contributed by atoms with Crippen molar-refractivity contribution in [2.75, 3.05) is 0 Å². The molecule has 0 fully saturated rings. The Bertz CT molecular complexity index is 138. The van der Waals surface area contributed by atoms with Crippen LogP contribution in [0.15, 0.2) is 12.2 Å². The molecule has 1 atom stereocenters. The highest BCUT2D eigenvalue weighted by Gasteiger charge is 2.04. The van der Waals surface area contributed by atoms with Crippen LogP contribution in [0.2, 0.25) is 0 Å². The molecule has 0 spiro atoms. The van der Waals surface area contributed by atoms with Gasteiger partial charge in [0.05, 0.1) is 0 Å². The third-order valence-electron chi connectivity index (χ3n) is 2.20. The van der Waals surface area contributed by atoms with Crippen LogP contribution in [0.3, 0.4) is 0 Å². The lowest BCUT2D eigenvalue weighted by molar-refractivity contribution is 0.457. The van der Waals surface area contributed by atoms with Crippen molar-refractivity contribution in [3.05, 3.63) is 12.2 Å². The monoisotopic (exact) mass is 183 g/mol. The molecule has 0 saturated heterocycles.